The first kappa shape index (κ1) is 12.6. The summed E-state index contributed by atoms with van der Waals surface area (Å²) in [5.74, 6) is 0.0270. The first-order chi connectivity index (χ1) is 9.27. The van der Waals surface area contributed by atoms with Crippen molar-refractivity contribution in [1.29, 1.82) is 0 Å². The molecule has 0 spiro atoms. The Kier molecular flexibility index (Phi) is 3.52. The van der Waals surface area contributed by atoms with Gasteiger partial charge in [-0.3, -0.25) is 9.89 Å². The first-order valence-electron chi connectivity index (χ1n) is 6.93. The van der Waals surface area contributed by atoms with Gasteiger partial charge in [0, 0.05) is 36.8 Å². The molecule has 0 aromatic carbocycles. The van der Waals surface area contributed by atoms with Gasteiger partial charge in [-0.25, -0.2) is 0 Å². The average Bonchev–Trinajstić information content (AvgIpc) is 2.74. The SMILES string of the molecule is CC1CNCCCN1C(=O)c1n[nH]c2c1COCC2. The van der Waals surface area contributed by atoms with Gasteiger partial charge in [0.05, 0.1) is 13.2 Å². The highest BCUT2D eigenvalue weighted by Gasteiger charge is 2.29. The Morgan fingerprint density at radius 1 is 1.53 bits per heavy atom. The highest BCUT2D eigenvalue weighted by molar-refractivity contribution is 5.94. The molecular formula is C13H20N4O2. The molecule has 1 aromatic rings. The summed E-state index contributed by atoms with van der Waals surface area (Å²) >= 11 is 0. The van der Waals surface area contributed by atoms with Crippen molar-refractivity contribution in [2.24, 2.45) is 0 Å². The molecule has 0 aliphatic carbocycles. The van der Waals surface area contributed by atoms with E-state index in [4.69, 9.17) is 4.74 Å². The fraction of sp³-hybridized carbons (Fsp3) is 0.692. The Labute approximate surface area is 112 Å². The second-order valence-corrected chi connectivity index (χ2v) is 5.24. The van der Waals surface area contributed by atoms with Gasteiger partial charge >= 0.3 is 0 Å². The smallest absolute Gasteiger partial charge is 0.275 e. The van der Waals surface area contributed by atoms with Crippen LogP contribution in [0.25, 0.3) is 0 Å². The van der Waals surface area contributed by atoms with Crippen molar-refractivity contribution in [3.63, 3.8) is 0 Å². The number of amides is 1. The number of ether oxygens (including phenoxy) is 1. The molecule has 0 saturated carbocycles. The van der Waals surface area contributed by atoms with Crippen molar-refractivity contribution < 1.29 is 9.53 Å². The molecular weight excluding hydrogens is 244 g/mol. The van der Waals surface area contributed by atoms with E-state index >= 15 is 0 Å². The molecule has 1 saturated heterocycles. The second kappa shape index (κ2) is 5.30. The summed E-state index contributed by atoms with van der Waals surface area (Å²) in [6, 6.07) is 0.201. The van der Waals surface area contributed by atoms with Gasteiger partial charge < -0.3 is 15.0 Å². The van der Waals surface area contributed by atoms with E-state index in [0.29, 0.717) is 18.9 Å². The number of aromatic amines is 1. The quantitative estimate of drug-likeness (QED) is 0.765. The summed E-state index contributed by atoms with van der Waals surface area (Å²) < 4.78 is 5.44. The van der Waals surface area contributed by atoms with Crippen molar-refractivity contribution in [3.05, 3.63) is 17.0 Å². The molecule has 1 aromatic heterocycles. The summed E-state index contributed by atoms with van der Waals surface area (Å²) in [6.07, 6.45) is 1.80. The number of carbonyl (C=O) groups excluding carboxylic acids is 1. The van der Waals surface area contributed by atoms with Crippen molar-refractivity contribution in [2.75, 3.05) is 26.2 Å². The minimum Gasteiger partial charge on any atom is -0.376 e. The monoisotopic (exact) mass is 264 g/mol. The molecule has 1 atom stereocenters. The van der Waals surface area contributed by atoms with Crippen LogP contribution in [0.3, 0.4) is 0 Å². The van der Waals surface area contributed by atoms with Crippen LogP contribution in [-0.2, 0) is 17.8 Å². The first-order valence-corrected chi connectivity index (χ1v) is 6.93. The Hall–Kier alpha value is -1.40. The second-order valence-electron chi connectivity index (χ2n) is 5.24. The maximum atomic E-state index is 12.7. The largest absolute Gasteiger partial charge is 0.376 e. The van der Waals surface area contributed by atoms with Gasteiger partial charge in [-0.2, -0.15) is 5.10 Å². The summed E-state index contributed by atoms with van der Waals surface area (Å²) in [5.41, 5.74) is 2.54. The normalized spacial score (nSPS) is 23.8. The standard InChI is InChI=1S/C13H20N4O2/c1-9-7-14-4-2-5-17(9)13(18)12-10-8-19-6-3-11(10)15-16-12/h9,14H,2-8H2,1H3,(H,15,16). The van der Waals surface area contributed by atoms with Crippen LogP contribution >= 0.6 is 0 Å². The molecule has 3 rings (SSSR count). The average molecular weight is 264 g/mol. The van der Waals surface area contributed by atoms with Gasteiger partial charge in [0.25, 0.3) is 5.91 Å². The molecule has 19 heavy (non-hydrogen) atoms. The van der Waals surface area contributed by atoms with Crippen molar-refractivity contribution in [3.8, 4) is 0 Å². The van der Waals surface area contributed by atoms with Gasteiger partial charge in [-0.15, -0.1) is 0 Å². The number of hydrogen-bond donors (Lipinski definition) is 2. The molecule has 2 aliphatic heterocycles. The van der Waals surface area contributed by atoms with Crippen LogP contribution in [0, 0.1) is 0 Å². The number of fused-ring (bicyclic) bond motifs is 1. The maximum Gasteiger partial charge on any atom is 0.275 e. The van der Waals surface area contributed by atoms with Gasteiger partial charge in [0.1, 0.15) is 0 Å². The van der Waals surface area contributed by atoms with Crippen molar-refractivity contribution in [1.82, 2.24) is 20.4 Å². The molecule has 0 radical (unpaired) electrons. The van der Waals surface area contributed by atoms with Gasteiger partial charge in [-0.1, -0.05) is 0 Å². The molecule has 1 unspecified atom stereocenters. The third-order valence-corrected chi connectivity index (χ3v) is 3.88. The Morgan fingerprint density at radius 3 is 3.32 bits per heavy atom. The molecule has 104 valence electrons. The van der Waals surface area contributed by atoms with E-state index in [2.05, 4.69) is 22.4 Å². The molecule has 6 nitrogen and oxygen atoms in total. The number of rotatable bonds is 1. The van der Waals surface area contributed by atoms with E-state index in [-0.39, 0.29) is 11.9 Å². The molecule has 3 heterocycles. The van der Waals surface area contributed by atoms with Crippen LogP contribution < -0.4 is 5.32 Å². The zero-order chi connectivity index (χ0) is 13.2. The van der Waals surface area contributed by atoms with E-state index in [9.17, 15) is 4.79 Å². The highest BCUT2D eigenvalue weighted by Crippen LogP contribution is 2.20. The zero-order valence-electron chi connectivity index (χ0n) is 11.2. The third kappa shape index (κ3) is 2.37. The van der Waals surface area contributed by atoms with Gasteiger partial charge in [0.15, 0.2) is 5.69 Å². The predicted octanol–water partition coefficient (Wildman–Crippen LogP) is 0.306. The van der Waals surface area contributed by atoms with Crippen LogP contribution in [-0.4, -0.2) is 53.3 Å². The molecule has 1 fully saturated rings. The van der Waals surface area contributed by atoms with Crippen LogP contribution in [0.2, 0.25) is 0 Å². The van der Waals surface area contributed by atoms with E-state index < -0.39 is 0 Å². The maximum absolute atomic E-state index is 12.7. The lowest BCUT2D eigenvalue weighted by molar-refractivity contribution is 0.0688. The number of H-pyrrole nitrogens is 1. The van der Waals surface area contributed by atoms with E-state index in [1.807, 2.05) is 4.90 Å². The summed E-state index contributed by atoms with van der Waals surface area (Å²) in [7, 11) is 0. The topological polar surface area (TPSA) is 70.2 Å². The highest BCUT2D eigenvalue weighted by atomic mass is 16.5. The lowest BCUT2D eigenvalue weighted by Gasteiger charge is -2.26. The molecule has 0 bridgehead atoms. The number of nitrogens with one attached hydrogen (secondary N) is 2. The predicted molar refractivity (Wildman–Crippen MR) is 69.9 cm³/mol. The van der Waals surface area contributed by atoms with Gasteiger partial charge in [-0.05, 0) is 19.9 Å². The summed E-state index contributed by atoms with van der Waals surface area (Å²) in [5, 5.41) is 10.5. The van der Waals surface area contributed by atoms with E-state index in [1.165, 1.54) is 0 Å². The van der Waals surface area contributed by atoms with E-state index in [0.717, 1.165) is 43.7 Å². The zero-order valence-corrected chi connectivity index (χ0v) is 11.2. The number of hydrogen-bond acceptors (Lipinski definition) is 4. The Morgan fingerprint density at radius 2 is 2.42 bits per heavy atom. The van der Waals surface area contributed by atoms with Crippen LogP contribution in [0.1, 0.15) is 35.1 Å². The number of carbonyl (C=O) groups is 1. The van der Waals surface area contributed by atoms with E-state index in [1.54, 1.807) is 0 Å². The lowest BCUT2D eigenvalue weighted by atomic mass is 10.1. The van der Waals surface area contributed by atoms with Crippen LogP contribution in [0.4, 0.5) is 0 Å². The fourth-order valence-electron chi connectivity index (χ4n) is 2.74. The van der Waals surface area contributed by atoms with Crippen LogP contribution in [0.5, 0.6) is 0 Å². The summed E-state index contributed by atoms with van der Waals surface area (Å²) in [6.45, 7) is 5.87. The van der Waals surface area contributed by atoms with Crippen molar-refractivity contribution in [2.45, 2.75) is 32.4 Å². The Balaban J connectivity index is 1.84. The lowest BCUT2D eigenvalue weighted by Crippen LogP contribution is -2.42. The minimum absolute atomic E-state index is 0.0270. The number of nitrogens with zero attached hydrogens (tertiary/aromatic N) is 2. The van der Waals surface area contributed by atoms with Crippen LogP contribution in [0.15, 0.2) is 0 Å². The molecule has 2 aliphatic rings. The van der Waals surface area contributed by atoms with Crippen molar-refractivity contribution >= 4 is 5.91 Å². The third-order valence-electron chi connectivity index (χ3n) is 3.88. The Bertz CT molecular complexity index is 471. The molecule has 1 amide bonds. The molecule has 6 heteroatoms. The number of aromatic nitrogens is 2. The van der Waals surface area contributed by atoms with Gasteiger partial charge in [0.2, 0.25) is 0 Å². The summed E-state index contributed by atoms with van der Waals surface area (Å²) in [4.78, 5) is 14.6. The molecule has 2 N–H and O–H groups in total. The fourth-order valence-corrected chi connectivity index (χ4v) is 2.74. The minimum atomic E-state index is 0.0270.